The fourth-order valence-electron chi connectivity index (χ4n) is 2.14. The molecule has 0 aliphatic rings. The van der Waals surface area contributed by atoms with Crippen LogP contribution in [0.5, 0.6) is 0 Å². The van der Waals surface area contributed by atoms with E-state index in [4.69, 9.17) is 0 Å². The number of halogens is 4. The largest absolute Gasteiger partial charge is 0.426 e. The van der Waals surface area contributed by atoms with Gasteiger partial charge in [0.15, 0.2) is 0 Å². The van der Waals surface area contributed by atoms with Crippen LogP contribution in [0.2, 0.25) is 0 Å². The molecule has 1 atom stereocenters. The number of alkyl halides is 3. The van der Waals surface area contributed by atoms with E-state index in [1.54, 1.807) is 0 Å². The van der Waals surface area contributed by atoms with E-state index in [0.717, 1.165) is 48.5 Å². The van der Waals surface area contributed by atoms with Crippen molar-refractivity contribution < 1.29 is 27.6 Å². The Morgan fingerprint density at radius 3 is 1.95 bits per heavy atom. The first-order valence-electron chi connectivity index (χ1n) is 5.97. The van der Waals surface area contributed by atoms with Crippen molar-refractivity contribution in [3.63, 3.8) is 0 Å². The molecule has 0 spiro atoms. The Labute approximate surface area is 121 Å². The lowest BCUT2D eigenvalue weighted by Gasteiger charge is -2.31. The third-order valence-electron chi connectivity index (χ3n) is 3.16. The van der Waals surface area contributed by atoms with Gasteiger partial charge < -0.3 is 5.11 Å². The molecule has 0 heterocycles. The first-order valence-corrected chi connectivity index (χ1v) is 5.97. The summed E-state index contributed by atoms with van der Waals surface area (Å²) >= 11 is 0. The maximum atomic E-state index is 13.8. The number of nitro groups is 1. The van der Waals surface area contributed by atoms with Crippen molar-refractivity contribution in [2.45, 2.75) is 11.8 Å². The van der Waals surface area contributed by atoms with E-state index in [2.05, 4.69) is 0 Å². The van der Waals surface area contributed by atoms with Crippen molar-refractivity contribution >= 4 is 5.69 Å². The summed E-state index contributed by atoms with van der Waals surface area (Å²) in [4.78, 5) is 9.88. The summed E-state index contributed by atoms with van der Waals surface area (Å²) in [7, 11) is 0. The summed E-state index contributed by atoms with van der Waals surface area (Å²) in [6, 6.07) is 7.53. The topological polar surface area (TPSA) is 63.4 Å². The average Bonchev–Trinajstić information content (AvgIpc) is 2.45. The molecule has 4 nitrogen and oxygen atoms in total. The molecule has 8 heteroatoms. The van der Waals surface area contributed by atoms with E-state index in [1.165, 1.54) is 0 Å². The van der Waals surface area contributed by atoms with Crippen LogP contribution in [0.4, 0.5) is 23.2 Å². The molecule has 0 amide bonds. The second-order valence-corrected chi connectivity index (χ2v) is 4.46. The van der Waals surface area contributed by atoms with Crippen molar-refractivity contribution in [1.29, 1.82) is 0 Å². The molecule has 2 rings (SSSR count). The van der Waals surface area contributed by atoms with Gasteiger partial charge >= 0.3 is 6.18 Å². The Balaban J connectivity index is 2.84. The van der Waals surface area contributed by atoms with Gasteiger partial charge in [0, 0.05) is 11.6 Å². The van der Waals surface area contributed by atoms with Crippen molar-refractivity contribution in [1.82, 2.24) is 0 Å². The van der Waals surface area contributed by atoms with Crippen LogP contribution in [-0.2, 0) is 5.60 Å². The van der Waals surface area contributed by atoms with Crippen LogP contribution in [0.15, 0.2) is 48.5 Å². The molecule has 0 aliphatic carbocycles. The lowest BCUT2D eigenvalue weighted by Crippen LogP contribution is -2.44. The van der Waals surface area contributed by atoms with Crippen molar-refractivity contribution in [3.05, 3.63) is 75.6 Å². The number of hydrogen-bond acceptors (Lipinski definition) is 3. The Bertz CT molecular complexity index is 717. The van der Waals surface area contributed by atoms with Crippen LogP contribution < -0.4 is 0 Å². The summed E-state index contributed by atoms with van der Waals surface area (Å²) < 4.78 is 54.2. The first-order chi connectivity index (χ1) is 10.2. The number of nitrogens with zero attached hydrogens (tertiary/aromatic N) is 1. The van der Waals surface area contributed by atoms with Crippen LogP contribution >= 0.6 is 0 Å². The zero-order valence-corrected chi connectivity index (χ0v) is 10.8. The molecule has 0 aliphatic heterocycles. The second-order valence-electron chi connectivity index (χ2n) is 4.46. The average molecular weight is 315 g/mol. The third-order valence-corrected chi connectivity index (χ3v) is 3.16. The van der Waals surface area contributed by atoms with Crippen LogP contribution in [-0.4, -0.2) is 16.2 Å². The molecular weight excluding hydrogens is 306 g/mol. The van der Waals surface area contributed by atoms with Gasteiger partial charge in [-0.1, -0.05) is 30.3 Å². The molecule has 2 aromatic carbocycles. The predicted octanol–water partition coefficient (Wildman–Crippen LogP) is 3.53. The third kappa shape index (κ3) is 2.41. The molecular formula is C14H9F4NO3. The van der Waals surface area contributed by atoms with Crippen molar-refractivity contribution in [2.24, 2.45) is 0 Å². The lowest BCUT2D eigenvalue weighted by molar-refractivity contribution is -0.388. The minimum absolute atomic E-state index is 0.736. The molecule has 1 N–H and O–H groups in total. The van der Waals surface area contributed by atoms with Gasteiger partial charge in [0.2, 0.25) is 5.60 Å². The highest BCUT2D eigenvalue weighted by Crippen LogP contribution is 2.47. The monoisotopic (exact) mass is 315 g/mol. The Morgan fingerprint density at radius 1 is 0.955 bits per heavy atom. The molecule has 2 aromatic rings. The maximum Gasteiger partial charge on any atom is 0.426 e. The Morgan fingerprint density at radius 2 is 1.45 bits per heavy atom. The highest BCUT2D eigenvalue weighted by Gasteiger charge is 2.59. The van der Waals surface area contributed by atoms with Crippen LogP contribution in [0.3, 0.4) is 0 Å². The van der Waals surface area contributed by atoms with E-state index in [9.17, 15) is 32.8 Å². The molecule has 0 aromatic heterocycles. The van der Waals surface area contributed by atoms with E-state index in [1.807, 2.05) is 0 Å². The second kappa shape index (κ2) is 5.38. The summed E-state index contributed by atoms with van der Waals surface area (Å²) in [5, 5.41) is 21.2. The first kappa shape index (κ1) is 15.9. The summed E-state index contributed by atoms with van der Waals surface area (Å²) in [6.45, 7) is 0. The van der Waals surface area contributed by atoms with Gasteiger partial charge in [-0.2, -0.15) is 13.2 Å². The van der Waals surface area contributed by atoms with Crippen LogP contribution in [0, 0.1) is 15.9 Å². The molecule has 0 bridgehead atoms. The fourth-order valence-corrected chi connectivity index (χ4v) is 2.14. The minimum Gasteiger partial charge on any atom is -0.372 e. The molecule has 0 radical (unpaired) electrons. The summed E-state index contributed by atoms with van der Waals surface area (Å²) in [5.74, 6) is -1.32. The van der Waals surface area contributed by atoms with Gasteiger partial charge in [-0.3, -0.25) is 10.1 Å². The SMILES string of the molecule is O=[N+]([O-])c1ccccc1C(O)(c1ccccc1F)C(F)(F)F. The molecule has 116 valence electrons. The fraction of sp³-hybridized carbons (Fsp3) is 0.143. The minimum atomic E-state index is -5.36. The van der Waals surface area contributed by atoms with Crippen LogP contribution in [0.1, 0.15) is 11.1 Å². The Kier molecular flexibility index (Phi) is 3.89. The Hall–Kier alpha value is -2.48. The van der Waals surface area contributed by atoms with Crippen molar-refractivity contribution in [3.8, 4) is 0 Å². The molecule has 22 heavy (non-hydrogen) atoms. The van der Waals surface area contributed by atoms with E-state index in [0.29, 0.717) is 0 Å². The summed E-state index contributed by atoms with van der Waals surface area (Å²) in [5.41, 5.74) is -6.93. The van der Waals surface area contributed by atoms with Gasteiger partial charge in [-0.15, -0.1) is 0 Å². The van der Waals surface area contributed by atoms with Gasteiger partial charge in [-0.05, 0) is 12.1 Å². The molecule has 1 unspecified atom stereocenters. The molecule has 0 saturated carbocycles. The number of aliphatic hydroxyl groups is 1. The maximum absolute atomic E-state index is 13.8. The standard InChI is InChI=1S/C14H9F4NO3/c15-11-7-3-1-5-9(11)13(20,14(16,17)18)10-6-2-4-8-12(10)19(21)22/h1-8,20H. The number of rotatable bonds is 3. The smallest absolute Gasteiger partial charge is 0.372 e. The predicted molar refractivity (Wildman–Crippen MR) is 68.6 cm³/mol. The number of benzene rings is 2. The summed E-state index contributed by atoms with van der Waals surface area (Å²) in [6.07, 6.45) is -5.36. The van der Waals surface area contributed by atoms with Gasteiger partial charge in [-0.25, -0.2) is 4.39 Å². The molecule has 0 fully saturated rings. The number of para-hydroxylation sites is 1. The van der Waals surface area contributed by atoms with Gasteiger partial charge in [0.1, 0.15) is 5.82 Å². The van der Waals surface area contributed by atoms with E-state index < -0.39 is 39.3 Å². The lowest BCUT2D eigenvalue weighted by atomic mass is 9.84. The highest BCUT2D eigenvalue weighted by molar-refractivity contribution is 5.50. The molecule has 0 saturated heterocycles. The van der Waals surface area contributed by atoms with Crippen LogP contribution in [0.25, 0.3) is 0 Å². The zero-order chi connectivity index (χ0) is 16.5. The van der Waals surface area contributed by atoms with E-state index in [-0.39, 0.29) is 0 Å². The highest BCUT2D eigenvalue weighted by atomic mass is 19.4. The van der Waals surface area contributed by atoms with Gasteiger partial charge in [0.25, 0.3) is 5.69 Å². The quantitative estimate of drug-likeness (QED) is 0.535. The number of hydrogen-bond donors (Lipinski definition) is 1. The van der Waals surface area contributed by atoms with E-state index >= 15 is 0 Å². The van der Waals surface area contributed by atoms with Gasteiger partial charge in [0.05, 0.1) is 10.5 Å². The number of nitro benzene ring substituents is 1. The van der Waals surface area contributed by atoms with Crippen molar-refractivity contribution in [2.75, 3.05) is 0 Å². The zero-order valence-electron chi connectivity index (χ0n) is 10.8. The normalized spacial score (nSPS) is 14.4.